The van der Waals surface area contributed by atoms with Gasteiger partial charge in [0.05, 0.1) is 33.8 Å². The number of ether oxygens (including phenoxy) is 1. The Bertz CT molecular complexity index is 1530. The van der Waals surface area contributed by atoms with Crippen LogP contribution in [-0.4, -0.2) is 69.4 Å². The summed E-state index contributed by atoms with van der Waals surface area (Å²) in [6.45, 7) is 6.80. The summed E-state index contributed by atoms with van der Waals surface area (Å²) in [6, 6.07) is -0.900. The van der Waals surface area contributed by atoms with E-state index < -0.39 is 26.6 Å². The van der Waals surface area contributed by atoms with Gasteiger partial charge in [-0.1, -0.05) is 242 Å². The van der Waals surface area contributed by atoms with Gasteiger partial charge in [-0.2, -0.15) is 0 Å². The Morgan fingerprint density at radius 1 is 0.461 bits per heavy atom. The highest BCUT2D eigenvalue weighted by molar-refractivity contribution is 7.45. The number of hydrogen-bond acceptors (Lipinski definition) is 7. The van der Waals surface area contributed by atoms with Crippen molar-refractivity contribution in [3.63, 3.8) is 0 Å². The van der Waals surface area contributed by atoms with E-state index in [1.165, 1.54) is 148 Å². The van der Waals surface area contributed by atoms with Gasteiger partial charge in [0.1, 0.15) is 19.3 Å². The number of nitrogens with zero attached hydrogens (tertiary/aromatic N) is 1. The zero-order valence-electron chi connectivity index (χ0n) is 50.4. The molecule has 0 aliphatic heterocycles. The normalized spacial score (nSPS) is 14.1. The molecule has 0 fully saturated rings. The first kappa shape index (κ1) is 73.5. The minimum Gasteiger partial charge on any atom is -0.756 e. The van der Waals surface area contributed by atoms with E-state index in [0.717, 1.165) is 96.3 Å². The van der Waals surface area contributed by atoms with Crippen LogP contribution in [0, 0.1) is 0 Å². The summed E-state index contributed by atoms with van der Waals surface area (Å²) in [5, 5.41) is 3.01. The van der Waals surface area contributed by atoms with Crippen LogP contribution >= 0.6 is 7.82 Å². The summed E-state index contributed by atoms with van der Waals surface area (Å²) in [4.78, 5) is 39.9. The van der Waals surface area contributed by atoms with Crippen molar-refractivity contribution >= 4 is 19.7 Å². The zero-order valence-corrected chi connectivity index (χ0v) is 51.3. The van der Waals surface area contributed by atoms with E-state index in [-0.39, 0.29) is 24.9 Å². The summed E-state index contributed by atoms with van der Waals surface area (Å²) >= 11 is 0. The van der Waals surface area contributed by atoms with Gasteiger partial charge in [-0.15, -0.1) is 0 Å². The maximum Gasteiger partial charge on any atom is 0.306 e. The SMILES string of the molecule is CCCCC/C=C\C/C=C\C/C=C\C/C=C\CCCCCCCCCCCC(=O)OC(/C=C\CCCCCCCCCCCC)C(COP(=O)([O-])OCC[N+](C)(C)C)NC(=O)CCCCC/C=C\CCCCCCCC. The number of nitrogens with one attached hydrogen (secondary N) is 1. The lowest BCUT2D eigenvalue weighted by Gasteiger charge is -2.30. The summed E-state index contributed by atoms with van der Waals surface area (Å²) < 4.78 is 30.3. The molecule has 0 aromatic heterocycles. The summed E-state index contributed by atoms with van der Waals surface area (Å²) in [5.41, 5.74) is 0. The highest BCUT2D eigenvalue weighted by Gasteiger charge is 2.27. The Morgan fingerprint density at radius 3 is 1.25 bits per heavy atom. The molecule has 442 valence electrons. The molecular weight excluding hydrogens is 964 g/mol. The first-order chi connectivity index (χ1) is 36.9. The van der Waals surface area contributed by atoms with Gasteiger partial charge in [-0.3, -0.25) is 14.2 Å². The third-order valence-corrected chi connectivity index (χ3v) is 14.8. The molecule has 0 heterocycles. The molecule has 1 amide bonds. The van der Waals surface area contributed by atoms with Crippen LogP contribution in [0.1, 0.15) is 284 Å². The van der Waals surface area contributed by atoms with Crippen molar-refractivity contribution in [2.45, 2.75) is 296 Å². The Labute approximate surface area is 470 Å². The zero-order chi connectivity index (χ0) is 55.7. The van der Waals surface area contributed by atoms with Crippen molar-refractivity contribution in [2.75, 3.05) is 40.9 Å². The van der Waals surface area contributed by atoms with E-state index in [2.05, 4.69) is 86.8 Å². The highest BCUT2D eigenvalue weighted by atomic mass is 31.2. The van der Waals surface area contributed by atoms with Crippen LogP contribution in [0.5, 0.6) is 0 Å². The van der Waals surface area contributed by atoms with Gasteiger partial charge in [-0.25, -0.2) is 0 Å². The van der Waals surface area contributed by atoms with Crippen LogP contribution in [0.2, 0.25) is 0 Å². The van der Waals surface area contributed by atoms with Gasteiger partial charge in [0.15, 0.2) is 0 Å². The minimum atomic E-state index is -4.70. The van der Waals surface area contributed by atoms with Gasteiger partial charge in [0, 0.05) is 12.8 Å². The van der Waals surface area contributed by atoms with Crippen LogP contribution < -0.4 is 10.2 Å². The smallest absolute Gasteiger partial charge is 0.306 e. The fourth-order valence-corrected chi connectivity index (χ4v) is 9.63. The molecule has 0 bridgehead atoms. The molecule has 0 aliphatic carbocycles. The average molecular weight is 1090 g/mol. The highest BCUT2D eigenvalue weighted by Crippen LogP contribution is 2.38. The largest absolute Gasteiger partial charge is 0.756 e. The summed E-state index contributed by atoms with van der Waals surface area (Å²) in [6.07, 6.45) is 71.6. The Balaban J connectivity index is 5.16. The molecule has 1 N–H and O–H groups in total. The van der Waals surface area contributed by atoms with Crippen LogP contribution in [-0.2, 0) is 27.9 Å². The van der Waals surface area contributed by atoms with Crippen molar-refractivity contribution in [3.05, 3.63) is 72.9 Å². The number of allylic oxidation sites excluding steroid dienone is 11. The van der Waals surface area contributed by atoms with E-state index in [1.54, 1.807) is 0 Å². The molecular formula is C66H121N2O7P. The predicted octanol–water partition coefficient (Wildman–Crippen LogP) is 19.0. The van der Waals surface area contributed by atoms with Crippen molar-refractivity contribution in [1.29, 1.82) is 0 Å². The molecule has 9 nitrogen and oxygen atoms in total. The van der Waals surface area contributed by atoms with Gasteiger partial charge >= 0.3 is 5.97 Å². The van der Waals surface area contributed by atoms with Crippen LogP contribution in [0.15, 0.2) is 72.9 Å². The van der Waals surface area contributed by atoms with Crippen LogP contribution in [0.25, 0.3) is 0 Å². The third kappa shape index (κ3) is 56.2. The minimum absolute atomic E-state index is 0.0277. The van der Waals surface area contributed by atoms with E-state index in [4.69, 9.17) is 13.8 Å². The fraction of sp³-hybridized carbons (Fsp3) is 0.788. The number of esters is 1. The molecule has 3 unspecified atom stereocenters. The Hall–Kier alpha value is -2.55. The molecule has 10 heteroatoms. The van der Waals surface area contributed by atoms with Crippen LogP contribution in [0.3, 0.4) is 0 Å². The second-order valence-electron chi connectivity index (χ2n) is 22.6. The number of unbranched alkanes of at least 4 members (excludes halogenated alkanes) is 31. The van der Waals surface area contributed by atoms with Crippen molar-refractivity contribution in [2.24, 2.45) is 0 Å². The Morgan fingerprint density at radius 2 is 0.803 bits per heavy atom. The third-order valence-electron chi connectivity index (χ3n) is 13.9. The molecule has 0 aromatic carbocycles. The van der Waals surface area contributed by atoms with E-state index in [9.17, 15) is 19.0 Å². The standard InChI is InChI=1S/C66H121N2O7P/c1-7-10-13-16-19-22-25-28-29-30-31-32-33-34-35-36-37-38-39-41-44-47-50-53-56-59-66(70)75-64(57-54-51-48-45-42-27-24-21-18-15-12-9-3)63(62-74-76(71,72)73-61-60-68(4,5)6)67-65(69)58-55-52-49-46-43-40-26-23-20-17-14-11-8-2/h19,22,28-29,31-32,34-35,40,43,54,57,63-64H,7-18,20-21,23-27,30,33,36-39,41-42,44-53,55-56,58-62H2,1-6H3,(H-,67,69,71,72)/b22-19-,29-28-,32-31-,35-34-,43-40-,57-54-. The van der Waals surface area contributed by atoms with Crippen molar-refractivity contribution < 1.29 is 37.3 Å². The molecule has 0 spiro atoms. The first-order valence-corrected chi connectivity index (χ1v) is 33.2. The van der Waals surface area contributed by atoms with Crippen LogP contribution in [0.4, 0.5) is 0 Å². The maximum atomic E-state index is 13.5. The fourth-order valence-electron chi connectivity index (χ4n) is 8.91. The number of quaternary nitrogens is 1. The van der Waals surface area contributed by atoms with E-state index >= 15 is 0 Å². The number of amides is 1. The molecule has 0 aromatic rings. The first-order valence-electron chi connectivity index (χ1n) is 31.7. The molecule has 76 heavy (non-hydrogen) atoms. The number of likely N-dealkylation sites (N-methyl/N-ethyl adjacent to an activating group) is 1. The molecule has 0 radical (unpaired) electrons. The summed E-state index contributed by atoms with van der Waals surface area (Å²) in [5.74, 6) is -0.564. The van der Waals surface area contributed by atoms with Gasteiger partial charge in [0.25, 0.3) is 7.82 Å². The molecule has 0 aliphatic rings. The van der Waals surface area contributed by atoms with Gasteiger partial charge < -0.3 is 28.5 Å². The lowest BCUT2D eigenvalue weighted by molar-refractivity contribution is -0.870. The topological polar surface area (TPSA) is 114 Å². The van der Waals surface area contributed by atoms with E-state index in [1.807, 2.05) is 33.3 Å². The number of hydrogen-bond donors (Lipinski definition) is 1. The second kappa shape index (κ2) is 55.8. The number of phosphoric acid groups is 1. The summed E-state index contributed by atoms with van der Waals surface area (Å²) in [7, 11) is 1.17. The molecule has 0 rings (SSSR count). The second-order valence-corrected chi connectivity index (χ2v) is 24.0. The number of carbonyl (C=O) groups excluding carboxylic acids is 2. The quantitative estimate of drug-likeness (QED) is 0.0212. The lowest BCUT2D eigenvalue weighted by atomic mass is 10.0. The average Bonchev–Trinajstić information content (AvgIpc) is 3.38. The number of carbonyl (C=O) groups is 2. The molecule has 0 saturated heterocycles. The number of phosphoric ester groups is 1. The monoisotopic (exact) mass is 1080 g/mol. The maximum absolute atomic E-state index is 13.5. The van der Waals surface area contributed by atoms with Gasteiger partial charge in [0.2, 0.25) is 5.91 Å². The lowest BCUT2D eigenvalue weighted by Crippen LogP contribution is -2.47. The van der Waals surface area contributed by atoms with Crippen molar-refractivity contribution in [1.82, 2.24) is 5.32 Å². The number of rotatable bonds is 57. The molecule has 0 saturated carbocycles. The predicted molar refractivity (Wildman–Crippen MR) is 325 cm³/mol. The van der Waals surface area contributed by atoms with E-state index in [0.29, 0.717) is 23.9 Å². The Kier molecular flexibility index (Phi) is 53.9. The molecule has 3 atom stereocenters. The van der Waals surface area contributed by atoms with Gasteiger partial charge in [-0.05, 0) is 102 Å². The van der Waals surface area contributed by atoms with Crippen molar-refractivity contribution in [3.8, 4) is 0 Å².